The maximum absolute atomic E-state index is 2.49. The quantitative estimate of drug-likeness (QED) is 0.160. The Morgan fingerprint density at radius 3 is 1.59 bits per heavy atom. The monoisotopic (exact) mass is 750 g/mol. The minimum Gasteiger partial charge on any atom is -0.310 e. The highest BCUT2D eigenvalue weighted by atomic mass is 32.1. The number of para-hydroxylation sites is 2. The summed E-state index contributed by atoms with van der Waals surface area (Å²) in [4.78, 5) is 4.88. The molecule has 0 N–H and O–H groups in total. The Bertz CT molecular complexity index is 3150. The maximum Gasteiger partial charge on any atom is 0.0575 e. The van der Waals surface area contributed by atoms with E-state index in [1.807, 2.05) is 22.7 Å². The van der Waals surface area contributed by atoms with Crippen molar-refractivity contribution in [1.29, 1.82) is 0 Å². The van der Waals surface area contributed by atoms with Crippen LogP contribution in [0.15, 0.2) is 206 Å². The number of hydrogen-bond donors (Lipinski definition) is 0. The fraction of sp³-hybridized carbons (Fsp3) is 0. The molecule has 0 radical (unpaired) electrons. The minimum atomic E-state index is 1.11. The molecular formula is C52H34N2S2. The summed E-state index contributed by atoms with van der Waals surface area (Å²) in [5.74, 6) is 0. The van der Waals surface area contributed by atoms with Gasteiger partial charge in [0.2, 0.25) is 0 Å². The second-order valence-corrected chi connectivity index (χ2v) is 16.3. The molecule has 2 aromatic heterocycles. The number of fused-ring (bicyclic) bond motifs is 8. The second kappa shape index (κ2) is 13.5. The zero-order valence-electron chi connectivity index (χ0n) is 30.3. The van der Waals surface area contributed by atoms with Gasteiger partial charge in [-0.05, 0) is 94.7 Å². The Labute approximate surface area is 333 Å². The van der Waals surface area contributed by atoms with Gasteiger partial charge in [0, 0.05) is 68.8 Å². The first-order valence-corrected chi connectivity index (χ1v) is 20.6. The predicted octanol–water partition coefficient (Wildman–Crippen LogP) is 16.2. The fourth-order valence-corrected chi connectivity index (χ4v) is 10.6. The van der Waals surface area contributed by atoms with Crippen molar-refractivity contribution in [3.63, 3.8) is 0 Å². The smallest absolute Gasteiger partial charge is 0.0575 e. The summed E-state index contributed by atoms with van der Waals surface area (Å²) in [6.45, 7) is 0. The molecule has 2 nitrogen and oxygen atoms in total. The van der Waals surface area contributed by atoms with Crippen LogP contribution in [0, 0.1) is 0 Å². The van der Waals surface area contributed by atoms with Crippen molar-refractivity contribution in [2.45, 2.75) is 0 Å². The zero-order valence-corrected chi connectivity index (χ0v) is 32.0. The van der Waals surface area contributed by atoms with E-state index in [-0.39, 0.29) is 0 Å². The van der Waals surface area contributed by atoms with Crippen LogP contribution in [0.25, 0.3) is 62.2 Å². The van der Waals surface area contributed by atoms with Gasteiger partial charge in [0.05, 0.1) is 5.69 Å². The van der Waals surface area contributed by atoms with Crippen LogP contribution < -0.4 is 9.80 Å². The normalized spacial score (nSPS) is 11.6. The lowest BCUT2D eigenvalue weighted by atomic mass is 10.0. The SMILES string of the molecule is c1ccc(-c2ccc(N(c3ccc4c(c3)sc3ccccc34)c3cc(N(c4ccccc4)c4ccccc4)cc4sc5ccc6ccccc6c5c34)cc2)cc1. The highest BCUT2D eigenvalue weighted by Gasteiger charge is 2.24. The number of thiophene rings is 2. The Balaban J connectivity index is 1.24. The van der Waals surface area contributed by atoms with Crippen LogP contribution in [0.1, 0.15) is 0 Å². The van der Waals surface area contributed by atoms with E-state index in [0.29, 0.717) is 0 Å². The number of rotatable bonds is 7. The van der Waals surface area contributed by atoms with Gasteiger partial charge in [-0.25, -0.2) is 0 Å². The van der Waals surface area contributed by atoms with E-state index in [4.69, 9.17) is 0 Å². The lowest BCUT2D eigenvalue weighted by Gasteiger charge is -2.30. The standard InChI is InChI=1S/C52H34N2S2/c1-4-14-35(15-5-1)36-24-27-40(28-25-36)54(41-29-30-45-44-22-12-13-23-47(44)55-49(45)33-41)46-32-42(53(38-17-6-2-7-18-38)39-19-8-3-9-20-39)34-50-52(46)51-43-21-11-10-16-37(43)26-31-48(51)56-50/h1-34H. The van der Waals surface area contributed by atoms with Crippen LogP contribution in [0.3, 0.4) is 0 Å². The first-order valence-electron chi connectivity index (χ1n) is 18.9. The summed E-state index contributed by atoms with van der Waals surface area (Å²) < 4.78 is 5.11. The summed E-state index contributed by atoms with van der Waals surface area (Å²) in [5.41, 5.74) is 9.11. The lowest BCUT2D eigenvalue weighted by molar-refractivity contribution is 1.27. The van der Waals surface area contributed by atoms with E-state index in [9.17, 15) is 0 Å². The second-order valence-electron chi connectivity index (χ2n) is 14.1. The molecule has 0 spiro atoms. The molecule has 0 fully saturated rings. The highest BCUT2D eigenvalue weighted by molar-refractivity contribution is 7.26. The molecule has 0 saturated heterocycles. The molecular weight excluding hydrogens is 717 g/mol. The van der Waals surface area contributed by atoms with Crippen LogP contribution in [-0.4, -0.2) is 0 Å². The molecule has 0 unspecified atom stereocenters. The topological polar surface area (TPSA) is 6.48 Å². The van der Waals surface area contributed by atoms with E-state index in [1.54, 1.807) is 0 Å². The van der Waals surface area contributed by atoms with Crippen molar-refractivity contribution in [2.24, 2.45) is 0 Å². The van der Waals surface area contributed by atoms with Gasteiger partial charge in [-0.2, -0.15) is 0 Å². The third-order valence-electron chi connectivity index (χ3n) is 10.8. The summed E-state index contributed by atoms with van der Waals surface area (Å²) in [6, 6.07) is 75.2. The average molecular weight is 751 g/mol. The Hall–Kier alpha value is -6.72. The van der Waals surface area contributed by atoms with Crippen LogP contribution in [0.4, 0.5) is 34.1 Å². The first-order chi connectivity index (χ1) is 27.8. The third-order valence-corrected chi connectivity index (χ3v) is 13.0. The highest BCUT2D eigenvalue weighted by Crippen LogP contribution is 2.51. The summed E-state index contributed by atoms with van der Waals surface area (Å²) in [7, 11) is 0. The van der Waals surface area contributed by atoms with Crippen molar-refractivity contribution in [3.05, 3.63) is 206 Å². The van der Waals surface area contributed by atoms with Gasteiger partial charge in [-0.1, -0.05) is 133 Å². The Morgan fingerprint density at radius 1 is 0.286 bits per heavy atom. The van der Waals surface area contributed by atoms with E-state index in [2.05, 4.69) is 216 Å². The molecule has 11 aromatic rings. The largest absolute Gasteiger partial charge is 0.310 e. The summed E-state index contributed by atoms with van der Waals surface area (Å²) in [6.07, 6.45) is 0. The molecule has 0 amide bonds. The molecule has 56 heavy (non-hydrogen) atoms. The molecule has 0 aliphatic rings. The number of anilines is 6. The van der Waals surface area contributed by atoms with Crippen molar-refractivity contribution in [2.75, 3.05) is 9.80 Å². The van der Waals surface area contributed by atoms with Gasteiger partial charge in [0.1, 0.15) is 0 Å². The molecule has 2 heterocycles. The molecule has 0 aliphatic carbocycles. The van der Waals surface area contributed by atoms with Crippen LogP contribution in [0.2, 0.25) is 0 Å². The average Bonchev–Trinajstić information content (AvgIpc) is 3.84. The molecule has 0 atom stereocenters. The summed E-state index contributed by atoms with van der Waals surface area (Å²) in [5, 5.41) is 7.67. The fourth-order valence-electron chi connectivity index (χ4n) is 8.25. The molecule has 0 saturated carbocycles. The Morgan fingerprint density at radius 2 is 0.839 bits per heavy atom. The van der Waals surface area contributed by atoms with Gasteiger partial charge in [-0.15, -0.1) is 22.7 Å². The van der Waals surface area contributed by atoms with E-state index >= 15 is 0 Å². The van der Waals surface area contributed by atoms with Gasteiger partial charge in [-0.3, -0.25) is 0 Å². The molecule has 0 bridgehead atoms. The van der Waals surface area contributed by atoms with Gasteiger partial charge in [0.25, 0.3) is 0 Å². The van der Waals surface area contributed by atoms with E-state index in [1.165, 1.54) is 62.2 Å². The van der Waals surface area contributed by atoms with Crippen molar-refractivity contribution < 1.29 is 0 Å². The lowest BCUT2D eigenvalue weighted by Crippen LogP contribution is -2.13. The number of nitrogens with zero attached hydrogens (tertiary/aromatic N) is 2. The Kier molecular flexibility index (Phi) is 7.90. The third kappa shape index (κ3) is 5.53. The molecule has 264 valence electrons. The van der Waals surface area contributed by atoms with Crippen LogP contribution in [0.5, 0.6) is 0 Å². The molecule has 9 aromatic carbocycles. The molecule has 4 heteroatoms. The predicted molar refractivity (Wildman–Crippen MR) is 245 cm³/mol. The summed E-state index contributed by atoms with van der Waals surface area (Å²) >= 11 is 3.74. The molecule has 0 aliphatic heterocycles. The maximum atomic E-state index is 2.49. The zero-order chi connectivity index (χ0) is 37.0. The van der Waals surface area contributed by atoms with Crippen molar-refractivity contribution >= 4 is 108 Å². The molecule has 11 rings (SSSR count). The van der Waals surface area contributed by atoms with Crippen molar-refractivity contribution in [3.8, 4) is 11.1 Å². The van der Waals surface area contributed by atoms with E-state index < -0.39 is 0 Å². The van der Waals surface area contributed by atoms with Gasteiger partial charge in [0.15, 0.2) is 0 Å². The van der Waals surface area contributed by atoms with Crippen LogP contribution >= 0.6 is 22.7 Å². The van der Waals surface area contributed by atoms with Crippen molar-refractivity contribution in [1.82, 2.24) is 0 Å². The van der Waals surface area contributed by atoms with Gasteiger partial charge >= 0.3 is 0 Å². The first kappa shape index (κ1) is 32.7. The number of hydrogen-bond acceptors (Lipinski definition) is 4. The minimum absolute atomic E-state index is 1.11. The van der Waals surface area contributed by atoms with Gasteiger partial charge < -0.3 is 9.80 Å². The van der Waals surface area contributed by atoms with E-state index in [0.717, 1.165) is 34.1 Å². The number of benzene rings is 9. The van der Waals surface area contributed by atoms with Crippen LogP contribution in [-0.2, 0) is 0 Å².